The highest BCUT2D eigenvalue weighted by Gasteiger charge is 2.28. The average Bonchev–Trinajstić information content (AvgIpc) is 3.33. The molecule has 0 aliphatic rings. The topological polar surface area (TPSA) is 85.3 Å². The van der Waals surface area contributed by atoms with Crippen LogP contribution in [0, 0.1) is 6.92 Å². The monoisotopic (exact) mass is 416 g/mol. The summed E-state index contributed by atoms with van der Waals surface area (Å²) in [5, 5.41) is 4.49. The maximum atomic E-state index is 13.3. The second-order valence-electron chi connectivity index (χ2n) is 5.91. The number of hydrogen-bond donors (Lipinski definition) is 0. The van der Waals surface area contributed by atoms with Crippen LogP contribution in [0.3, 0.4) is 0 Å². The molecule has 7 nitrogen and oxygen atoms in total. The van der Waals surface area contributed by atoms with Crippen LogP contribution < -0.4 is 4.90 Å². The number of carbonyl (C=O) groups excluding carboxylic acids is 2. The number of amides is 1. The molecule has 0 bridgehead atoms. The van der Waals surface area contributed by atoms with E-state index in [1.54, 1.807) is 18.7 Å². The van der Waals surface area contributed by atoms with E-state index in [0.717, 1.165) is 28.4 Å². The van der Waals surface area contributed by atoms with Crippen LogP contribution in [0.15, 0.2) is 30.3 Å². The van der Waals surface area contributed by atoms with E-state index >= 15 is 0 Å². The molecule has 146 valence electrons. The molecule has 2 heterocycles. The van der Waals surface area contributed by atoms with Gasteiger partial charge in [-0.05, 0) is 37.4 Å². The van der Waals surface area contributed by atoms with E-state index in [0.29, 0.717) is 39.2 Å². The molecule has 1 aromatic carbocycles. The molecule has 0 atom stereocenters. The Morgan fingerprint density at radius 2 is 1.89 bits per heavy atom. The number of thiazole rings is 1. The number of rotatable bonds is 7. The first-order valence-corrected chi connectivity index (χ1v) is 10.5. The number of nitrogens with zero attached hydrogens (tertiary/aromatic N) is 4. The lowest BCUT2D eigenvalue weighted by molar-refractivity contribution is 0.0531. The van der Waals surface area contributed by atoms with Gasteiger partial charge in [-0.15, -0.1) is 5.10 Å². The fourth-order valence-corrected chi connectivity index (χ4v) is 4.26. The van der Waals surface area contributed by atoms with Gasteiger partial charge in [0.15, 0.2) is 5.13 Å². The van der Waals surface area contributed by atoms with Crippen molar-refractivity contribution in [1.82, 2.24) is 14.6 Å². The fraction of sp³-hybridized carbons (Fsp3) is 0.316. The lowest BCUT2D eigenvalue weighted by Gasteiger charge is -2.19. The number of hydrogen-bond acceptors (Lipinski definition) is 8. The molecule has 0 aliphatic heterocycles. The van der Waals surface area contributed by atoms with E-state index in [1.807, 2.05) is 37.3 Å². The molecule has 0 fully saturated rings. The lowest BCUT2D eigenvalue weighted by atomic mass is 10.2. The van der Waals surface area contributed by atoms with Gasteiger partial charge in [0.1, 0.15) is 9.75 Å². The second kappa shape index (κ2) is 9.03. The summed E-state index contributed by atoms with van der Waals surface area (Å²) >= 11 is 2.23. The Hall–Kier alpha value is -2.65. The van der Waals surface area contributed by atoms with E-state index in [9.17, 15) is 9.59 Å². The third-order valence-corrected chi connectivity index (χ3v) is 5.91. The highest BCUT2D eigenvalue weighted by molar-refractivity contribution is 7.17. The first-order chi connectivity index (χ1) is 13.5. The molecule has 0 saturated heterocycles. The molecule has 9 heteroatoms. The van der Waals surface area contributed by atoms with Gasteiger partial charge >= 0.3 is 5.97 Å². The van der Waals surface area contributed by atoms with Crippen molar-refractivity contribution in [1.29, 1.82) is 0 Å². The first kappa shape index (κ1) is 20.1. The Labute approximate surface area is 171 Å². The Kier molecular flexibility index (Phi) is 6.48. The summed E-state index contributed by atoms with van der Waals surface area (Å²) in [6.45, 7) is 6.04. The Morgan fingerprint density at radius 3 is 2.57 bits per heavy atom. The number of benzene rings is 1. The zero-order valence-electron chi connectivity index (χ0n) is 15.8. The zero-order valence-corrected chi connectivity index (χ0v) is 17.5. The molecular formula is C19H20N4O3S2. The standard InChI is InChI=1S/C19H20N4O3S2/c1-4-14-16(28-22-21-14)17(24)23(11-13-9-7-6-8-10-13)19-20-12(3)15(27-19)18(25)26-5-2/h6-10H,4-5,11H2,1-3H3. The molecule has 28 heavy (non-hydrogen) atoms. The third-order valence-electron chi connectivity index (χ3n) is 3.99. The van der Waals surface area contributed by atoms with Gasteiger partial charge in [0, 0.05) is 0 Å². The molecule has 0 radical (unpaired) electrons. The minimum atomic E-state index is -0.426. The zero-order chi connectivity index (χ0) is 20.1. The number of esters is 1. The van der Waals surface area contributed by atoms with Gasteiger partial charge in [-0.25, -0.2) is 9.78 Å². The van der Waals surface area contributed by atoms with Gasteiger partial charge in [-0.2, -0.15) is 0 Å². The molecule has 1 amide bonds. The SMILES string of the molecule is CCOC(=O)c1sc(N(Cc2ccccc2)C(=O)c2snnc2CC)nc1C. The minimum absolute atomic E-state index is 0.222. The summed E-state index contributed by atoms with van der Waals surface area (Å²) in [7, 11) is 0. The summed E-state index contributed by atoms with van der Waals surface area (Å²) in [4.78, 5) is 32.4. The summed E-state index contributed by atoms with van der Waals surface area (Å²) in [6, 6.07) is 9.64. The fourth-order valence-electron chi connectivity index (χ4n) is 2.60. The molecular weight excluding hydrogens is 396 g/mol. The largest absolute Gasteiger partial charge is 0.462 e. The summed E-state index contributed by atoms with van der Waals surface area (Å²) in [6.07, 6.45) is 0.613. The molecule has 3 aromatic rings. The Morgan fingerprint density at radius 1 is 1.14 bits per heavy atom. The highest BCUT2D eigenvalue weighted by atomic mass is 32.1. The number of carbonyl (C=O) groups is 2. The van der Waals surface area contributed by atoms with Crippen LogP contribution in [0.1, 0.15) is 50.1 Å². The van der Waals surface area contributed by atoms with Crippen molar-refractivity contribution in [2.45, 2.75) is 33.7 Å². The van der Waals surface area contributed by atoms with Crippen molar-refractivity contribution < 1.29 is 14.3 Å². The summed E-state index contributed by atoms with van der Waals surface area (Å²) in [5.41, 5.74) is 2.16. The van der Waals surface area contributed by atoms with Crippen molar-refractivity contribution in [2.24, 2.45) is 0 Å². The predicted molar refractivity (Wildman–Crippen MR) is 109 cm³/mol. The van der Waals surface area contributed by atoms with Gasteiger partial charge in [0.2, 0.25) is 0 Å². The van der Waals surface area contributed by atoms with E-state index in [1.165, 1.54) is 0 Å². The Balaban J connectivity index is 2.00. The maximum Gasteiger partial charge on any atom is 0.350 e. The van der Waals surface area contributed by atoms with E-state index in [-0.39, 0.29) is 12.5 Å². The second-order valence-corrected chi connectivity index (χ2v) is 7.64. The van der Waals surface area contributed by atoms with Gasteiger partial charge in [-0.1, -0.05) is 53.1 Å². The van der Waals surface area contributed by atoms with Gasteiger partial charge in [0.05, 0.1) is 24.5 Å². The van der Waals surface area contributed by atoms with Gasteiger partial charge in [0.25, 0.3) is 5.91 Å². The van der Waals surface area contributed by atoms with E-state index in [2.05, 4.69) is 14.6 Å². The molecule has 2 aromatic heterocycles. The highest BCUT2D eigenvalue weighted by Crippen LogP contribution is 2.30. The number of ether oxygens (including phenoxy) is 1. The number of aromatic nitrogens is 3. The summed E-state index contributed by atoms with van der Waals surface area (Å²) in [5.74, 6) is -0.649. The van der Waals surface area contributed by atoms with Crippen LogP contribution in [0.25, 0.3) is 0 Å². The predicted octanol–water partition coefficient (Wildman–Crippen LogP) is 3.89. The smallest absolute Gasteiger partial charge is 0.350 e. The van der Waals surface area contributed by atoms with Crippen molar-refractivity contribution in [3.05, 3.63) is 57.0 Å². The molecule has 0 spiro atoms. The van der Waals surface area contributed by atoms with Crippen molar-refractivity contribution in [2.75, 3.05) is 11.5 Å². The van der Waals surface area contributed by atoms with Gasteiger partial charge in [-0.3, -0.25) is 9.69 Å². The van der Waals surface area contributed by atoms with Gasteiger partial charge < -0.3 is 4.74 Å². The van der Waals surface area contributed by atoms with Crippen molar-refractivity contribution >= 4 is 39.9 Å². The normalized spacial score (nSPS) is 10.7. The average molecular weight is 417 g/mol. The molecule has 0 unspecified atom stereocenters. The number of aryl methyl sites for hydroxylation is 2. The van der Waals surface area contributed by atoms with E-state index < -0.39 is 5.97 Å². The molecule has 0 N–H and O–H groups in total. The van der Waals surface area contributed by atoms with Crippen LogP contribution in [0.5, 0.6) is 0 Å². The van der Waals surface area contributed by atoms with Crippen LogP contribution in [0.2, 0.25) is 0 Å². The molecule has 3 rings (SSSR count). The van der Waals surface area contributed by atoms with Crippen LogP contribution >= 0.6 is 22.9 Å². The van der Waals surface area contributed by atoms with Crippen LogP contribution in [-0.4, -0.2) is 33.1 Å². The minimum Gasteiger partial charge on any atom is -0.462 e. The summed E-state index contributed by atoms with van der Waals surface area (Å²) < 4.78 is 9.02. The van der Waals surface area contributed by atoms with Crippen LogP contribution in [0.4, 0.5) is 5.13 Å². The maximum absolute atomic E-state index is 13.3. The first-order valence-electron chi connectivity index (χ1n) is 8.86. The Bertz CT molecular complexity index is 969. The molecule has 0 saturated carbocycles. The quantitative estimate of drug-likeness (QED) is 0.543. The van der Waals surface area contributed by atoms with Crippen molar-refractivity contribution in [3.8, 4) is 0 Å². The van der Waals surface area contributed by atoms with E-state index in [4.69, 9.17) is 4.74 Å². The van der Waals surface area contributed by atoms with Crippen LogP contribution in [-0.2, 0) is 17.7 Å². The third kappa shape index (κ3) is 4.26. The number of anilines is 1. The lowest BCUT2D eigenvalue weighted by Crippen LogP contribution is -2.30. The van der Waals surface area contributed by atoms with Crippen molar-refractivity contribution in [3.63, 3.8) is 0 Å². The molecule has 0 aliphatic carbocycles.